The topological polar surface area (TPSA) is 15.3 Å². The number of nitrogens with zero attached hydrogens (tertiary/aromatic N) is 1. The molecule has 0 aromatic heterocycles. The van der Waals surface area contributed by atoms with Crippen molar-refractivity contribution in [1.29, 1.82) is 0 Å². The van der Waals surface area contributed by atoms with Gasteiger partial charge >= 0.3 is 0 Å². The summed E-state index contributed by atoms with van der Waals surface area (Å²) in [5, 5.41) is 3.84. The fraction of sp³-hybridized carbons (Fsp3) is 0.875. The lowest BCUT2D eigenvalue weighted by Gasteiger charge is -2.48. The van der Waals surface area contributed by atoms with E-state index in [2.05, 4.69) is 30.0 Å². The summed E-state index contributed by atoms with van der Waals surface area (Å²) in [5.74, 6) is 3.04. The fourth-order valence-corrected chi connectivity index (χ4v) is 3.73. The van der Waals surface area contributed by atoms with Crippen molar-refractivity contribution < 1.29 is 0 Å². The Morgan fingerprint density at radius 3 is 2.67 bits per heavy atom. The van der Waals surface area contributed by atoms with E-state index in [-0.39, 0.29) is 0 Å². The van der Waals surface area contributed by atoms with Crippen molar-refractivity contribution in [3.05, 3.63) is 0 Å². The quantitative estimate of drug-likeness (QED) is 0.770. The Bertz CT molecular complexity index is 299. The SMILES string of the molecule is C#CC(CCC)N1CC2(CCCC2)NCC1CC. The van der Waals surface area contributed by atoms with Crippen molar-refractivity contribution in [1.82, 2.24) is 10.2 Å². The number of terminal acetylenes is 1. The predicted molar refractivity (Wildman–Crippen MR) is 77.5 cm³/mol. The lowest BCUT2D eigenvalue weighted by Crippen LogP contribution is -2.64. The average Bonchev–Trinajstić information content (AvgIpc) is 2.84. The minimum absolute atomic E-state index is 0.347. The van der Waals surface area contributed by atoms with Crippen LogP contribution in [0.5, 0.6) is 0 Å². The van der Waals surface area contributed by atoms with E-state index in [1.165, 1.54) is 45.1 Å². The Kier molecular flexibility index (Phi) is 4.70. The standard InChI is InChI=1S/C16H28N2/c1-4-9-14(5-2)18-13-16(10-7-8-11-16)17-12-15(18)6-3/h2,14-15,17H,4,6-13H2,1,3H3. The molecule has 0 aromatic rings. The van der Waals surface area contributed by atoms with Gasteiger partial charge in [0.05, 0.1) is 6.04 Å². The summed E-state index contributed by atoms with van der Waals surface area (Å²) in [4.78, 5) is 2.63. The van der Waals surface area contributed by atoms with Gasteiger partial charge in [-0.1, -0.05) is 39.0 Å². The first-order chi connectivity index (χ1) is 8.74. The van der Waals surface area contributed by atoms with E-state index in [4.69, 9.17) is 6.42 Å². The predicted octanol–water partition coefficient (Wildman–Crippen LogP) is 2.78. The van der Waals surface area contributed by atoms with Crippen LogP contribution in [0.4, 0.5) is 0 Å². The van der Waals surface area contributed by atoms with Gasteiger partial charge in [0, 0.05) is 24.7 Å². The molecule has 102 valence electrons. The van der Waals surface area contributed by atoms with Gasteiger partial charge in [-0.2, -0.15) is 0 Å². The molecule has 1 heterocycles. The van der Waals surface area contributed by atoms with Gasteiger partial charge in [-0.15, -0.1) is 6.42 Å². The Labute approximate surface area is 113 Å². The molecule has 1 aliphatic heterocycles. The first kappa shape index (κ1) is 13.9. The Morgan fingerprint density at radius 1 is 1.39 bits per heavy atom. The van der Waals surface area contributed by atoms with Crippen molar-refractivity contribution in [2.45, 2.75) is 76.4 Å². The largest absolute Gasteiger partial charge is 0.308 e. The summed E-state index contributed by atoms with van der Waals surface area (Å²) in [7, 11) is 0. The lowest BCUT2D eigenvalue weighted by atomic mass is 9.90. The smallest absolute Gasteiger partial charge is 0.0715 e. The molecule has 1 saturated heterocycles. The van der Waals surface area contributed by atoms with E-state index in [0.717, 1.165) is 13.0 Å². The van der Waals surface area contributed by atoms with Crippen LogP contribution in [0.3, 0.4) is 0 Å². The highest BCUT2D eigenvalue weighted by Gasteiger charge is 2.42. The second-order valence-corrected chi connectivity index (χ2v) is 6.07. The zero-order valence-corrected chi connectivity index (χ0v) is 12.0. The van der Waals surface area contributed by atoms with E-state index >= 15 is 0 Å². The van der Waals surface area contributed by atoms with Gasteiger partial charge in [-0.25, -0.2) is 0 Å². The van der Waals surface area contributed by atoms with Crippen LogP contribution < -0.4 is 5.32 Å². The number of hydrogen-bond acceptors (Lipinski definition) is 2. The molecule has 0 aromatic carbocycles. The maximum absolute atomic E-state index is 5.78. The molecule has 0 radical (unpaired) electrons. The monoisotopic (exact) mass is 248 g/mol. The molecule has 1 N–H and O–H groups in total. The molecule has 1 saturated carbocycles. The third kappa shape index (κ3) is 2.73. The molecule has 2 nitrogen and oxygen atoms in total. The van der Waals surface area contributed by atoms with Crippen LogP contribution in [-0.4, -0.2) is 35.6 Å². The van der Waals surface area contributed by atoms with Gasteiger partial charge in [-0.3, -0.25) is 4.90 Å². The highest BCUT2D eigenvalue weighted by molar-refractivity contribution is 5.08. The first-order valence-corrected chi connectivity index (χ1v) is 7.71. The summed E-state index contributed by atoms with van der Waals surface area (Å²) in [6, 6.07) is 0.975. The molecule has 1 spiro atoms. The number of hydrogen-bond donors (Lipinski definition) is 1. The van der Waals surface area contributed by atoms with Crippen molar-refractivity contribution >= 4 is 0 Å². The molecular weight excluding hydrogens is 220 g/mol. The van der Waals surface area contributed by atoms with Crippen LogP contribution in [0, 0.1) is 12.3 Å². The summed E-state index contributed by atoms with van der Waals surface area (Å²) < 4.78 is 0. The third-order valence-electron chi connectivity index (χ3n) is 4.85. The van der Waals surface area contributed by atoms with E-state index in [1.807, 2.05) is 0 Å². The zero-order chi connectivity index (χ0) is 13.0. The molecule has 2 atom stereocenters. The van der Waals surface area contributed by atoms with Crippen LogP contribution in [-0.2, 0) is 0 Å². The second kappa shape index (κ2) is 6.08. The number of rotatable bonds is 4. The second-order valence-electron chi connectivity index (χ2n) is 6.07. The normalized spacial score (nSPS) is 29.3. The van der Waals surface area contributed by atoms with E-state index in [0.29, 0.717) is 17.6 Å². The van der Waals surface area contributed by atoms with E-state index in [9.17, 15) is 0 Å². The van der Waals surface area contributed by atoms with Crippen molar-refractivity contribution in [3.8, 4) is 12.3 Å². The average molecular weight is 248 g/mol. The minimum Gasteiger partial charge on any atom is -0.308 e. The van der Waals surface area contributed by atoms with Gasteiger partial charge in [-0.05, 0) is 25.7 Å². The van der Waals surface area contributed by atoms with Gasteiger partial charge in [0.1, 0.15) is 0 Å². The molecule has 1 aliphatic carbocycles. The summed E-state index contributed by atoms with van der Waals surface area (Å²) >= 11 is 0. The van der Waals surface area contributed by atoms with Crippen molar-refractivity contribution in [2.75, 3.05) is 13.1 Å². The van der Waals surface area contributed by atoms with Gasteiger partial charge < -0.3 is 5.32 Å². The Morgan fingerprint density at radius 2 is 2.11 bits per heavy atom. The molecule has 0 amide bonds. The molecule has 0 bridgehead atoms. The first-order valence-electron chi connectivity index (χ1n) is 7.71. The number of nitrogens with one attached hydrogen (secondary N) is 1. The molecular formula is C16H28N2. The molecule has 2 aliphatic rings. The molecule has 2 fully saturated rings. The highest BCUT2D eigenvalue weighted by atomic mass is 15.3. The molecule has 2 unspecified atom stereocenters. The lowest BCUT2D eigenvalue weighted by molar-refractivity contribution is 0.0562. The van der Waals surface area contributed by atoms with Crippen molar-refractivity contribution in [3.63, 3.8) is 0 Å². The summed E-state index contributed by atoms with van der Waals surface area (Å²) in [6.07, 6.45) is 14.7. The van der Waals surface area contributed by atoms with Crippen LogP contribution in [0.2, 0.25) is 0 Å². The van der Waals surface area contributed by atoms with E-state index in [1.54, 1.807) is 0 Å². The molecule has 2 heteroatoms. The minimum atomic E-state index is 0.347. The third-order valence-corrected chi connectivity index (χ3v) is 4.85. The Balaban J connectivity index is 2.09. The maximum atomic E-state index is 5.78. The van der Waals surface area contributed by atoms with Crippen LogP contribution in [0.15, 0.2) is 0 Å². The van der Waals surface area contributed by atoms with Crippen LogP contribution >= 0.6 is 0 Å². The Hall–Kier alpha value is -0.520. The van der Waals surface area contributed by atoms with Gasteiger partial charge in [0.2, 0.25) is 0 Å². The summed E-state index contributed by atoms with van der Waals surface area (Å²) in [5.41, 5.74) is 0.383. The van der Waals surface area contributed by atoms with Crippen LogP contribution in [0.25, 0.3) is 0 Å². The fourth-order valence-electron chi connectivity index (χ4n) is 3.73. The number of piperazine rings is 1. The van der Waals surface area contributed by atoms with E-state index < -0.39 is 0 Å². The van der Waals surface area contributed by atoms with Gasteiger partial charge in [0.15, 0.2) is 0 Å². The van der Waals surface area contributed by atoms with Crippen LogP contribution in [0.1, 0.15) is 58.8 Å². The highest BCUT2D eigenvalue weighted by Crippen LogP contribution is 2.34. The van der Waals surface area contributed by atoms with Crippen molar-refractivity contribution in [2.24, 2.45) is 0 Å². The van der Waals surface area contributed by atoms with Gasteiger partial charge in [0.25, 0.3) is 0 Å². The molecule has 18 heavy (non-hydrogen) atoms. The summed E-state index contributed by atoms with van der Waals surface area (Å²) in [6.45, 7) is 6.81. The zero-order valence-electron chi connectivity index (χ0n) is 12.0. The maximum Gasteiger partial charge on any atom is 0.0715 e. The molecule has 2 rings (SSSR count).